The van der Waals surface area contributed by atoms with Gasteiger partial charge in [0.25, 0.3) is 0 Å². The lowest BCUT2D eigenvalue weighted by atomic mass is 10.1. The summed E-state index contributed by atoms with van der Waals surface area (Å²) in [4.78, 5) is 5.85. The summed E-state index contributed by atoms with van der Waals surface area (Å²) in [6, 6.07) is 24.9. The van der Waals surface area contributed by atoms with Gasteiger partial charge in [0.05, 0.1) is 17.6 Å². The number of halogens is 1. The highest BCUT2D eigenvalue weighted by atomic mass is 35.5. The van der Waals surface area contributed by atoms with E-state index in [-0.39, 0.29) is 0 Å². The molecule has 0 amide bonds. The first-order valence-electron chi connectivity index (χ1n) is 12.2. The molecule has 2 heterocycles. The Hall–Kier alpha value is -3.67. The predicted molar refractivity (Wildman–Crippen MR) is 157 cm³/mol. The molecule has 6 heteroatoms. The molecule has 2 aromatic heterocycles. The van der Waals surface area contributed by atoms with Crippen LogP contribution >= 0.6 is 22.9 Å². The SMILES string of the molecule is Cc1ccc(-c2csc(=Nc3cc(C)ccc3C)n2N=Cc2cc(C)n(-c3ccc(Cl)cc3)c2C)cc1. The van der Waals surface area contributed by atoms with Crippen molar-refractivity contribution in [1.82, 2.24) is 9.24 Å². The fraction of sp³-hybridized carbons (Fsp3) is 0.161. The standard InChI is InChI=1S/C31H29ClN4S/c1-20-7-10-25(11-8-20)30-19-37-31(34-29-16-21(2)6-9-22(29)3)36(30)33-18-26-17-23(4)35(24(26)5)28-14-12-27(32)13-15-28/h6-19H,1-5H3. The Kier molecular flexibility index (Phi) is 7.00. The van der Waals surface area contributed by atoms with Crippen LogP contribution in [0, 0.1) is 34.6 Å². The third-order valence-electron chi connectivity index (χ3n) is 6.48. The molecule has 37 heavy (non-hydrogen) atoms. The molecular formula is C31H29ClN4S. The number of benzene rings is 3. The van der Waals surface area contributed by atoms with Crippen molar-refractivity contribution in [2.45, 2.75) is 34.6 Å². The number of nitrogens with zero attached hydrogens (tertiary/aromatic N) is 4. The Morgan fingerprint density at radius 2 is 1.51 bits per heavy atom. The van der Waals surface area contributed by atoms with Crippen molar-refractivity contribution >= 4 is 34.8 Å². The van der Waals surface area contributed by atoms with Crippen molar-refractivity contribution in [3.8, 4) is 16.9 Å². The van der Waals surface area contributed by atoms with E-state index < -0.39 is 0 Å². The summed E-state index contributed by atoms with van der Waals surface area (Å²) in [5.41, 5.74) is 11.0. The lowest BCUT2D eigenvalue weighted by molar-refractivity contribution is 0.853. The molecule has 3 aromatic carbocycles. The van der Waals surface area contributed by atoms with Gasteiger partial charge in [-0.05, 0) is 82.1 Å². The Morgan fingerprint density at radius 3 is 2.24 bits per heavy atom. The number of hydrogen-bond acceptors (Lipinski definition) is 3. The molecule has 5 aromatic rings. The van der Waals surface area contributed by atoms with E-state index in [4.69, 9.17) is 21.7 Å². The van der Waals surface area contributed by atoms with Gasteiger partial charge in [-0.25, -0.2) is 9.67 Å². The topological polar surface area (TPSA) is 34.6 Å². The van der Waals surface area contributed by atoms with Crippen LogP contribution in [0.15, 0.2) is 88.3 Å². The van der Waals surface area contributed by atoms with E-state index in [2.05, 4.69) is 93.1 Å². The molecule has 186 valence electrons. The van der Waals surface area contributed by atoms with Gasteiger partial charge >= 0.3 is 0 Å². The molecule has 0 spiro atoms. The van der Waals surface area contributed by atoms with E-state index in [1.54, 1.807) is 11.3 Å². The second kappa shape index (κ2) is 10.4. The van der Waals surface area contributed by atoms with Crippen LogP contribution < -0.4 is 4.80 Å². The molecule has 0 atom stereocenters. The molecule has 0 radical (unpaired) electrons. The van der Waals surface area contributed by atoms with Crippen LogP contribution in [0.2, 0.25) is 5.02 Å². The predicted octanol–water partition coefficient (Wildman–Crippen LogP) is 8.32. The number of aryl methyl sites for hydroxylation is 4. The van der Waals surface area contributed by atoms with Gasteiger partial charge in [0, 0.05) is 38.6 Å². The minimum Gasteiger partial charge on any atom is -0.318 e. The third-order valence-corrected chi connectivity index (χ3v) is 7.55. The summed E-state index contributed by atoms with van der Waals surface area (Å²) in [5, 5.41) is 7.84. The quantitative estimate of drug-likeness (QED) is 0.207. The van der Waals surface area contributed by atoms with Crippen LogP contribution in [0.25, 0.3) is 16.9 Å². The van der Waals surface area contributed by atoms with Gasteiger partial charge in [-0.15, -0.1) is 11.3 Å². The number of thiazole rings is 1. The highest BCUT2D eigenvalue weighted by Gasteiger charge is 2.12. The smallest absolute Gasteiger partial charge is 0.211 e. The summed E-state index contributed by atoms with van der Waals surface area (Å²) >= 11 is 7.71. The van der Waals surface area contributed by atoms with Gasteiger partial charge in [0.1, 0.15) is 0 Å². The monoisotopic (exact) mass is 524 g/mol. The van der Waals surface area contributed by atoms with E-state index in [9.17, 15) is 0 Å². The minimum absolute atomic E-state index is 0.727. The zero-order chi connectivity index (χ0) is 26.1. The Balaban J connectivity index is 1.63. The Morgan fingerprint density at radius 1 is 0.811 bits per heavy atom. The number of rotatable bonds is 5. The van der Waals surface area contributed by atoms with E-state index in [1.165, 1.54) is 11.1 Å². The average Bonchev–Trinajstić information content (AvgIpc) is 3.40. The largest absolute Gasteiger partial charge is 0.318 e. The van der Waals surface area contributed by atoms with Crippen molar-refractivity contribution in [3.63, 3.8) is 0 Å². The van der Waals surface area contributed by atoms with Gasteiger partial charge in [-0.3, -0.25) is 0 Å². The normalized spacial score (nSPS) is 12.1. The molecule has 0 unspecified atom stereocenters. The minimum atomic E-state index is 0.727. The summed E-state index contributed by atoms with van der Waals surface area (Å²) in [5.74, 6) is 0. The molecule has 0 aliphatic heterocycles. The molecular weight excluding hydrogens is 496 g/mol. The summed E-state index contributed by atoms with van der Waals surface area (Å²) < 4.78 is 4.17. The molecule has 0 bridgehead atoms. The zero-order valence-corrected chi connectivity index (χ0v) is 23.2. The summed E-state index contributed by atoms with van der Waals surface area (Å²) in [7, 11) is 0. The zero-order valence-electron chi connectivity index (χ0n) is 21.7. The lowest BCUT2D eigenvalue weighted by Gasteiger charge is -2.09. The second-order valence-corrected chi connectivity index (χ2v) is 10.6. The van der Waals surface area contributed by atoms with E-state index in [1.807, 2.05) is 35.2 Å². The van der Waals surface area contributed by atoms with Crippen LogP contribution in [-0.4, -0.2) is 15.5 Å². The van der Waals surface area contributed by atoms with Crippen LogP contribution in [-0.2, 0) is 0 Å². The molecule has 0 aliphatic rings. The van der Waals surface area contributed by atoms with E-state index in [0.717, 1.165) is 55.0 Å². The Labute approximate surface area is 226 Å². The molecule has 0 saturated heterocycles. The fourth-order valence-corrected chi connectivity index (χ4v) is 5.36. The maximum absolute atomic E-state index is 6.11. The first kappa shape index (κ1) is 25.0. The number of hydrogen-bond donors (Lipinski definition) is 0. The summed E-state index contributed by atoms with van der Waals surface area (Å²) in [6.45, 7) is 10.5. The number of aromatic nitrogens is 2. The van der Waals surface area contributed by atoms with Crippen molar-refractivity contribution < 1.29 is 0 Å². The maximum atomic E-state index is 6.11. The fourth-order valence-electron chi connectivity index (χ4n) is 4.38. The van der Waals surface area contributed by atoms with Crippen molar-refractivity contribution in [2.75, 3.05) is 0 Å². The maximum Gasteiger partial charge on any atom is 0.211 e. The first-order valence-corrected chi connectivity index (χ1v) is 13.4. The van der Waals surface area contributed by atoms with E-state index >= 15 is 0 Å². The van der Waals surface area contributed by atoms with Crippen LogP contribution in [0.5, 0.6) is 0 Å². The second-order valence-electron chi connectivity index (χ2n) is 9.37. The van der Waals surface area contributed by atoms with Gasteiger partial charge < -0.3 is 4.57 Å². The van der Waals surface area contributed by atoms with Gasteiger partial charge in [-0.2, -0.15) is 5.10 Å². The average molecular weight is 525 g/mol. The van der Waals surface area contributed by atoms with Crippen molar-refractivity contribution in [1.29, 1.82) is 0 Å². The van der Waals surface area contributed by atoms with Crippen LogP contribution in [0.1, 0.15) is 33.6 Å². The van der Waals surface area contributed by atoms with E-state index in [0.29, 0.717) is 0 Å². The molecule has 0 fully saturated rings. The van der Waals surface area contributed by atoms with Gasteiger partial charge in [0.15, 0.2) is 0 Å². The molecule has 0 N–H and O–H groups in total. The summed E-state index contributed by atoms with van der Waals surface area (Å²) in [6.07, 6.45) is 1.93. The molecule has 0 saturated carbocycles. The highest BCUT2D eigenvalue weighted by molar-refractivity contribution is 7.07. The molecule has 5 rings (SSSR count). The molecule has 4 nitrogen and oxygen atoms in total. The van der Waals surface area contributed by atoms with Crippen molar-refractivity contribution in [2.24, 2.45) is 10.1 Å². The molecule has 0 aliphatic carbocycles. The Bertz CT molecular complexity index is 1670. The van der Waals surface area contributed by atoms with Gasteiger partial charge in [-0.1, -0.05) is 53.6 Å². The van der Waals surface area contributed by atoms with Crippen LogP contribution in [0.3, 0.4) is 0 Å². The third kappa shape index (κ3) is 5.24. The highest BCUT2D eigenvalue weighted by Crippen LogP contribution is 2.25. The van der Waals surface area contributed by atoms with Gasteiger partial charge in [0.2, 0.25) is 4.80 Å². The lowest BCUT2D eigenvalue weighted by Crippen LogP contribution is -2.12. The van der Waals surface area contributed by atoms with Crippen molar-refractivity contribution in [3.05, 3.63) is 122 Å². The first-order chi connectivity index (χ1) is 17.8. The van der Waals surface area contributed by atoms with Crippen LogP contribution in [0.4, 0.5) is 5.69 Å².